The molecule has 0 aliphatic heterocycles. The van der Waals surface area contributed by atoms with E-state index in [0.29, 0.717) is 17.5 Å². The SMILES string of the molecule is c1ccc(-c2nc(-c3ccc(-c4cccnc4)cc3)nc(-c3ccc4c(c3)-c3ccccc3-c3ccccc3C43c4ccccc4-c4ccccc43)n2)cc1. The number of benzene rings is 7. The van der Waals surface area contributed by atoms with E-state index in [1.165, 1.54) is 55.6 Å². The van der Waals surface area contributed by atoms with E-state index in [0.717, 1.165) is 27.8 Å². The molecule has 2 aromatic heterocycles. The second-order valence-corrected chi connectivity index (χ2v) is 14.2. The number of hydrogen-bond donors (Lipinski definition) is 0. The Morgan fingerprint density at radius 1 is 0.291 bits per heavy atom. The van der Waals surface area contributed by atoms with Gasteiger partial charge in [0.05, 0.1) is 5.41 Å². The van der Waals surface area contributed by atoms with Crippen LogP contribution in [-0.2, 0) is 5.41 Å². The lowest BCUT2D eigenvalue weighted by molar-refractivity contribution is 0.775. The summed E-state index contributed by atoms with van der Waals surface area (Å²) in [4.78, 5) is 19.7. The summed E-state index contributed by atoms with van der Waals surface area (Å²) < 4.78 is 0. The minimum atomic E-state index is -0.536. The minimum Gasteiger partial charge on any atom is -0.264 e. The molecule has 0 bridgehead atoms. The Morgan fingerprint density at radius 2 is 0.709 bits per heavy atom. The van der Waals surface area contributed by atoms with Crippen molar-refractivity contribution in [1.82, 2.24) is 19.9 Å². The highest BCUT2D eigenvalue weighted by Crippen LogP contribution is 2.61. The van der Waals surface area contributed by atoms with Crippen molar-refractivity contribution in [3.63, 3.8) is 0 Å². The van der Waals surface area contributed by atoms with Crippen LogP contribution in [0.25, 0.3) is 78.7 Å². The van der Waals surface area contributed by atoms with Gasteiger partial charge >= 0.3 is 0 Å². The van der Waals surface area contributed by atoms with Gasteiger partial charge in [0.25, 0.3) is 0 Å². The van der Waals surface area contributed by atoms with Crippen LogP contribution in [0.4, 0.5) is 0 Å². The van der Waals surface area contributed by atoms with Gasteiger partial charge in [0.2, 0.25) is 0 Å². The van der Waals surface area contributed by atoms with Crippen molar-refractivity contribution in [3.8, 4) is 78.7 Å². The van der Waals surface area contributed by atoms with Crippen LogP contribution in [0.3, 0.4) is 0 Å². The van der Waals surface area contributed by atoms with Crippen LogP contribution in [0.5, 0.6) is 0 Å². The quantitative estimate of drug-likeness (QED) is 0.183. The molecule has 0 N–H and O–H groups in total. The van der Waals surface area contributed by atoms with Crippen LogP contribution in [0.2, 0.25) is 0 Å². The fourth-order valence-electron chi connectivity index (χ4n) is 8.89. The molecule has 0 fully saturated rings. The molecule has 0 unspecified atom stereocenters. The summed E-state index contributed by atoms with van der Waals surface area (Å²) in [5.41, 5.74) is 16.9. The van der Waals surface area contributed by atoms with E-state index in [4.69, 9.17) is 15.0 Å². The van der Waals surface area contributed by atoms with Gasteiger partial charge in [0.15, 0.2) is 17.5 Å². The van der Waals surface area contributed by atoms with E-state index >= 15 is 0 Å². The Kier molecular flexibility index (Phi) is 7.04. The van der Waals surface area contributed by atoms with Crippen LogP contribution >= 0.6 is 0 Å². The highest BCUT2D eigenvalue weighted by molar-refractivity contribution is 5.98. The first-order valence-corrected chi connectivity index (χ1v) is 18.6. The second kappa shape index (κ2) is 12.4. The number of nitrogens with zero attached hydrogens (tertiary/aromatic N) is 4. The monoisotopic (exact) mass is 700 g/mol. The van der Waals surface area contributed by atoms with Crippen LogP contribution < -0.4 is 0 Å². The lowest BCUT2D eigenvalue weighted by Crippen LogP contribution is -2.29. The van der Waals surface area contributed by atoms with Crippen LogP contribution in [0.1, 0.15) is 22.3 Å². The first kappa shape index (κ1) is 31.2. The summed E-state index contributed by atoms with van der Waals surface area (Å²) in [5, 5.41) is 0. The average molecular weight is 701 g/mol. The topological polar surface area (TPSA) is 51.6 Å². The maximum Gasteiger partial charge on any atom is 0.164 e. The zero-order chi connectivity index (χ0) is 36.3. The Bertz CT molecular complexity index is 2870. The average Bonchev–Trinajstić information content (AvgIpc) is 3.52. The second-order valence-electron chi connectivity index (χ2n) is 14.2. The van der Waals surface area contributed by atoms with Crippen LogP contribution in [0.15, 0.2) is 194 Å². The molecule has 256 valence electrons. The molecule has 0 atom stereocenters. The number of rotatable bonds is 4. The van der Waals surface area contributed by atoms with Gasteiger partial charge in [-0.25, -0.2) is 15.0 Å². The molecule has 2 aliphatic carbocycles. The molecule has 11 rings (SSSR count). The van der Waals surface area contributed by atoms with Gasteiger partial charge in [-0.1, -0.05) is 170 Å². The van der Waals surface area contributed by atoms with Crippen LogP contribution in [-0.4, -0.2) is 19.9 Å². The predicted octanol–water partition coefficient (Wildman–Crippen LogP) is 11.9. The molecular formula is C51H32N4. The fraction of sp³-hybridized carbons (Fsp3) is 0.0196. The highest BCUT2D eigenvalue weighted by Gasteiger charge is 2.49. The van der Waals surface area contributed by atoms with Gasteiger partial charge in [-0.2, -0.15) is 0 Å². The molecule has 2 aliphatic rings. The molecule has 55 heavy (non-hydrogen) atoms. The third-order valence-electron chi connectivity index (χ3n) is 11.3. The van der Waals surface area contributed by atoms with Crippen molar-refractivity contribution in [2.45, 2.75) is 5.41 Å². The Labute approximate surface area is 319 Å². The summed E-state index contributed by atoms with van der Waals surface area (Å²) in [6.07, 6.45) is 3.67. The molecule has 2 heterocycles. The molecule has 4 nitrogen and oxygen atoms in total. The van der Waals surface area contributed by atoms with Gasteiger partial charge < -0.3 is 0 Å². The van der Waals surface area contributed by atoms with Gasteiger partial charge in [-0.3, -0.25) is 4.98 Å². The first-order chi connectivity index (χ1) is 27.3. The van der Waals surface area contributed by atoms with Crippen molar-refractivity contribution in [2.75, 3.05) is 0 Å². The summed E-state index contributed by atoms with van der Waals surface area (Å²) in [6.45, 7) is 0. The zero-order valence-electron chi connectivity index (χ0n) is 29.8. The molecule has 0 amide bonds. The lowest BCUT2D eigenvalue weighted by atomic mass is 9.66. The molecule has 0 radical (unpaired) electrons. The Hall–Kier alpha value is -7.30. The summed E-state index contributed by atoms with van der Waals surface area (Å²) >= 11 is 0. The van der Waals surface area contributed by atoms with Gasteiger partial charge in [0, 0.05) is 29.1 Å². The molecule has 4 heteroatoms. The van der Waals surface area contributed by atoms with Crippen molar-refractivity contribution in [3.05, 3.63) is 217 Å². The van der Waals surface area contributed by atoms with E-state index in [2.05, 4.69) is 163 Å². The third-order valence-corrected chi connectivity index (χ3v) is 11.3. The third kappa shape index (κ3) is 4.78. The van der Waals surface area contributed by atoms with Crippen LogP contribution in [0, 0.1) is 0 Å². The van der Waals surface area contributed by atoms with Gasteiger partial charge in [-0.15, -0.1) is 0 Å². The fourth-order valence-corrected chi connectivity index (χ4v) is 8.89. The van der Waals surface area contributed by atoms with Crippen molar-refractivity contribution >= 4 is 0 Å². The molecule has 9 aromatic rings. The van der Waals surface area contributed by atoms with Gasteiger partial charge in [-0.05, 0) is 78.9 Å². The summed E-state index contributed by atoms with van der Waals surface area (Å²) in [5.74, 6) is 1.89. The highest BCUT2D eigenvalue weighted by atomic mass is 15.0. The lowest BCUT2D eigenvalue weighted by Gasteiger charge is -2.35. The molecule has 0 saturated carbocycles. The molecule has 1 spiro atoms. The van der Waals surface area contributed by atoms with E-state index in [1.807, 2.05) is 30.5 Å². The Morgan fingerprint density at radius 3 is 1.29 bits per heavy atom. The van der Waals surface area contributed by atoms with E-state index in [1.54, 1.807) is 6.20 Å². The number of aromatic nitrogens is 4. The maximum absolute atomic E-state index is 5.20. The standard InChI is InChI=1S/C51H32N4/c1-2-13-34(14-3-1)48-53-49(35-26-24-33(25-27-35)37-15-12-30-52-32-37)55-50(54-48)36-28-29-47-43(31-36)39-17-5-4-16-38(39)40-18-6-9-21-44(40)51(47)45-22-10-7-19-41(45)42-20-8-11-23-46(42)51/h1-32H. The number of fused-ring (bicyclic) bond motifs is 12. The molecule has 7 aromatic carbocycles. The van der Waals surface area contributed by atoms with Crippen molar-refractivity contribution < 1.29 is 0 Å². The minimum absolute atomic E-state index is 0.536. The largest absolute Gasteiger partial charge is 0.264 e. The molecular weight excluding hydrogens is 669 g/mol. The zero-order valence-corrected chi connectivity index (χ0v) is 29.8. The normalized spacial score (nSPS) is 12.9. The predicted molar refractivity (Wildman–Crippen MR) is 221 cm³/mol. The first-order valence-electron chi connectivity index (χ1n) is 18.6. The summed E-state index contributed by atoms with van der Waals surface area (Å²) in [7, 11) is 0. The molecule has 0 saturated heterocycles. The number of hydrogen-bond acceptors (Lipinski definition) is 4. The van der Waals surface area contributed by atoms with Crippen molar-refractivity contribution in [1.29, 1.82) is 0 Å². The van der Waals surface area contributed by atoms with E-state index in [-0.39, 0.29) is 0 Å². The summed E-state index contributed by atoms with van der Waals surface area (Å²) in [6, 6.07) is 65.1. The Balaban J connectivity index is 1.16. The number of pyridine rings is 1. The van der Waals surface area contributed by atoms with Crippen molar-refractivity contribution in [2.24, 2.45) is 0 Å². The maximum atomic E-state index is 5.20. The van der Waals surface area contributed by atoms with Gasteiger partial charge in [0.1, 0.15) is 0 Å². The smallest absolute Gasteiger partial charge is 0.164 e. The van der Waals surface area contributed by atoms with E-state index < -0.39 is 5.41 Å². The van der Waals surface area contributed by atoms with E-state index in [9.17, 15) is 0 Å².